The number of rotatable bonds is 3. The first kappa shape index (κ1) is 16.6. The number of amides is 1. The summed E-state index contributed by atoms with van der Waals surface area (Å²) in [6, 6.07) is 3.34. The number of carbonyl (C=O) groups is 2. The second kappa shape index (κ2) is 6.12. The summed E-state index contributed by atoms with van der Waals surface area (Å²) in [5.41, 5.74) is 1.73. The van der Waals surface area contributed by atoms with Crippen LogP contribution in [0.25, 0.3) is 0 Å². The monoisotopic (exact) mass is 358 g/mol. The zero-order valence-corrected chi connectivity index (χ0v) is 14.3. The molecular weight excluding hydrogens is 339 g/mol. The van der Waals surface area contributed by atoms with E-state index in [1.165, 1.54) is 6.07 Å². The Morgan fingerprint density at radius 1 is 1.27 bits per heavy atom. The number of aryl methyl sites for hydroxylation is 1. The minimum absolute atomic E-state index is 0.193. The van der Waals surface area contributed by atoms with Gasteiger partial charge in [-0.3, -0.25) is 9.48 Å². The summed E-state index contributed by atoms with van der Waals surface area (Å²) in [5, 5.41) is 13.7. The van der Waals surface area contributed by atoms with Crippen LogP contribution in [0.15, 0.2) is 30.6 Å². The van der Waals surface area contributed by atoms with E-state index in [4.69, 9.17) is 0 Å². The predicted octanol–water partition coefficient (Wildman–Crippen LogP) is 1.57. The van der Waals surface area contributed by atoms with Crippen LogP contribution in [-0.4, -0.2) is 45.4 Å². The summed E-state index contributed by atoms with van der Waals surface area (Å²) in [6.45, 7) is 0.407. The van der Waals surface area contributed by atoms with Gasteiger partial charge in [0.1, 0.15) is 17.9 Å². The van der Waals surface area contributed by atoms with Crippen LogP contribution in [0, 0.1) is 5.82 Å². The summed E-state index contributed by atoms with van der Waals surface area (Å²) in [5.74, 6) is -1.46. The smallest absolute Gasteiger partial charge is 0.326 e. The van der Waals surface area contributed by atoms with Gasteiger partial charge in [-0.1, -0.05) is 6.07 Å². The molecule has 2 atom stereocenters. The van der Waals surface area contributed by atoms with Crippen molar-refractivity contribution in [3.63, 3.8) is 0 Å². The summed E-state index contributed by atoms with van der Waals surface area (Å²) in [4.78, 5) is 28.1. The van der Waals surface area contributed by atoms with E-state index in [0.717, 1.165) is 0 Å². The molecule has 1 fully saturated rings. The van der Waals surface area contributed by atoms with Crippen molar-refractivity contribution >= 4 is 23.3 Å². The van der Waals surface area contributed by atoms with E-state index in [-0.39, 0.29) is 11.7 Å². The number of carbonyl (C=O) groups excluding carboxylic acids is 1. The van der Waals surface area contributed by atoms with Gasteiger partial charge in [-0.2, -0.15) is 5.10 Å². The predicted molar refractivity (Wildman–Crippen MR) is 92.6 cm³/mol. The molecule has 1 saturated heterocycles. The SMILES string of the molecule is Cn1cc(N2C(C(=O)O)CCC2C(=O)N2CCc3c(F)cccc32)cn1. The highest BCUT2D eigenvalue weighted by Gasteiger charge is 2.44. The van der Waals surface area contributed by atoms with Gasteiger partial charge in [0, 0.05) is 31.0 Å². The largest absolute Gasteiger partial charge is 0.480 e. The van der Waals surface area contributed by atoms with Gasteiger partial charge in [-0.15, -0.1) is 0 Å². The van der Waals surface area contributed by atoms with Crippen LogP contribution in [-0.2, 0) is 23.1 Å². The average Bonchev–Trinajstić information content (AvgIpc) is 3.31. The number of benzene rings is 1. The molecule has 0 radical (unpaired) electrons. The second-order valence-electron chi connectivity index (χ2n) is 6.70. The Kier molecular flexibility index (Phi) is 3.90. The lowest BCUT2D eigenvalue weighted by Gasteiger charge is -2.31. The maximum Gasteiger partial charge on any atom is 0.326 e. The number of anilines is 2. The zero-order valence-electron chi connectivity index (χ0n) is 14.3. The Hall–Kier alpha value is -2.90. The summed E-state index contributed by atoms with van der Waals surface area (Å²) in [6.07, 6.45) is 4.56. The first-order chi connectivity index (χ1) is 12.5. The van der Waals surface area contributed by atoms with Crippen molar-refractivity contribution in [3.8, 4) is 0 Å². The van der Waals surface area contributed by atoms with Gasteiger partial charge >= 0.3 is 5.97 Å². The molecule has 0 spiro atoms. The highest BCUT2D eigenvalue weighted by atomic mass is 19.1. The van der Waals surface area contributed by atoms with Crippen LogP contribution in [0.1, 0.15) is 18.4 Å². The molecule has 8 heteroatoms. The molecule has 0 bridgehead atoms. The molecule has 1 aromatic heterocycles. The Balaban J connectivity index is 1.67. The molecule has 1 aromatic carbocycles. The van der Waals surface area contributed by atoms with Crippen molar-refractivity contribution in [2.24, 2.45) is 7.05 Å². The maximum absolute atomic E-state index is 14.0. The number of aromatic nitrogens is 2. The van der Waals surface area contributed by atoms with E-state index in [1.807, 2.05) is 0 Å². The molecule has 2 unspecified atom stereocenters. The topological polar surface area (TPSA) is 78.7 Å². The molecule has 0 saturated carbocycles. The third kappa shape index (κ3) is 2.53. The van der Waals surface area contributed by atoms with Crippen LogP contribution in [0.2, 0.25) is 0 Å². The molecule has 26 heavy (non-hydrogen) atoms. The number of hydrogen-bond acceptors (Lipinski definition) is 4. The maximum atomic E-state index is 14.0. The Bertz CT molecular complexity index is 881. The van der Waals surface area contributed by atoms with Gasteiger partial charge < -0.3 is 14.9 Å². The summed E-state index contributed by atoms with van der Waals surface area (Å²) in [7, 11) is 1.74. The third-order valence-corrected chi connectivity index (χ3v) is 5.18. The van der Waals surface area contributed by atoms with Gasteiger partial charge in [-0.25, -0.2) is 9.18 Å². The molecule has 0 aliphatic carbocycles. The first-order valence-electron chi connectivity index (χ1n) is 8.56. The van der Waals surface area contributed by atoms with E-state index >= 15 is 0 Å². The number of nitrogens with zero attached hydrogens (tertiary/aromatic N) is 4. The Morgan fingerprint density at radius 3 is 2.73 bits per heavy atom. The lowest BCUT2D eigenvalue weighted by atomic mass is 10.1. The first-order valence-corrected chi connectivity index (χ1v) is 8.56. The lowest BCUT2D eigenvalue weighted by Crippen LogP contribution is -2.49. The van der Waals surface area contributed by atoms with Gasteiger partial charge in [0.2, 0.25) is 5.91 Å². The fraction of sp³-hybridized carbons (Fsp3) is 0.389. The van der Waals surface area contributed by atoms with Crippen LogP contribution in [0.3, 0.4) is 0 Å². The van der Waals surface area contributed by atoms with E-state index in [9.17, 15) is 19.1 Å². The fourth-order valence-electron chi connectivity index (χ4n) is 4.00. The molecule has 136 valence electrons. The fourth-order valence-corrected chi connectivity index (χ4v) is 4.00. The molecule has 2 aliphatic rings. The third-order valence-electron chi connectivity index (χ3n) is 5.18. The normalized spacial score (nSPS) is 21.9. The van der Waals surface area contributed by atoms with Crippen molar-refractivity contribution in [2.45, 2.75) is 31.3 Å². The van der Waals surface area contributed by atoms with Crippen LogP contribution < -0.4 is 9.80 Å². The minimum Gasteiger partial charge on any atom is -0.480 e. The van der Waals surface area contributed by atoms with Gasteiger partial charge in [-0.05, 0) is 31.4 Å². The quantitative estimate of drug-likeness (QED) is 0.901. The van der Waals surface area contributed by atoms with Crippen LogP contribution >= 0.6 is 0 Å². The van der Waals surface area contributed by atoms with E-state index in [2.05, 4.69) is 5.10 Å². The van der Waals surface area contributed by atoms with Gasteiger partial charge in [0.15, 0.2) is 0 Å². The number of carboxylic acids is 1. The number of hydrogen-bond donors (Lipinski definition) is 1. The molecule has 1 amide bonds. The zero-order chi connectivity index (χ0) is 18.4. The number of fused-ring (bicyclic) bond motifs is 1. The highest BCUT2D eigenvalue weighted by Crippen LogP contribution is 2.35. The molecular formula is C18H19FN4O3. The van der Waals surface area contributed by atoms with Crippen LogP contribution in [0.4, 0.5) is 15.8 Å². The molecule has 1 N–H and O–H groups in total. The number of halogens is 1. The number of carboxylic acid groups (broad SMARTS) is 1. The Morgan fingerprint density at radius 2 is 2.04 bits per heavy atom. The minimum atomic E-state index is -0.961. The molecule has 2 aliphatic heterocycles. The van der Waals surface area contributed by atoms with Gasteiger partial charge in [0.25, 0.3) is 0 Å². The van der Waals surface area contributed by atoms with Gasteiger partial charge in [0.05, 0.1) is 11.9 Å². The van der Waals surface area contributed by atoms with Crippen molar-refractivity contribution < 1.29 is 19.1 Å². The van der Waals surface area contributed by atoms with Crippen molar-refractivity contribution in [3.05, 3.63) is 42.0 Å². The highest BCUT2D eigenvalue weighted by molar-refractivity contribution is 6.02. The van der Waals surface area contributed by atoms with Crippen LogP contribution in [0.5, 0.6) is 0 Å². The summed E-state index contributed by atoms with van der Waals surface area (Å²) < 4.78 is 15.6. The Labute approximate surface area is 149 Å². The average molecular weight is 358 g/mol. The van der Waals surface area contributed by atoms with Crippen molar-refractivity contribution in [1.82, 2.24) is 9.78 Å². The second-order valence-corrected chi connectivity index (χ2v) is 6.70. The molecule has 7 nitrogen and oxygen atoms in total. The van der Waals surface area contributed by atoms with E-state index in [0.29, 0.717) is 42.7 Å². The van der Waals surface area contributed by atoms with Crippen molar-refractivity contribution in [1.29, 1.82) is 0 Å². The molecule has 2 aromatic rings. The van der Waals surface area contributed by atoms with E-state index < -0.39 is 18.1 Å². The number of aliphatic carboxylic acids is 1. The standard InChI is InChI=1S/C18H19FN4O3/c1-21-10-11(9-20-21)23-15(5-6-16(23)18(25)26)17(24)22-8-7-12-13(19)3-2-4-14(12)22/h2-4,9-10,15-16H,5-8H2,1H3,(H,25,26). The van der Waals surface area contributed by atoms with Crippen molar-refractivity contribution in [2.75, 3.05) is 16.3 Å². The molecule has 4 rings (SSSR count). The molecule has 3 heterocycles. The summed E-state index contributed by atoms with van der Waals surface area (Å²) >= 11 is 0. The van der Waals surface area contributed by atoms with E-state index in [1.54, 1.807) is 46.1 Å². The lowest BCUT2D eigenvalue weighted by molar-refractivity contribution is -0.138.